The molecule has 0 unspecified atom stereocenters. The first kappa shape index (κ1) is 11.7. The minimum absolute atomic E-state index is 0.132. The summed E-state index contributed by atoms with van der Waals surface area (Å²) >= 11 is 1.47. The largest absolute Gasteiger partial charge is 0.480 e. The Kier molecular flexibility index (Phi) is 4.26. The number of carboxylic acids is 1. The molecule has 1 aromatic heterocycles. The van der Waals surface area contributed by atoms with Gasteiger partial charge in [0.05, 0.1) is 13.0 Å². The number of carbonyl (C=O) groups excluding carboxylic acids is 1. The van der Waals surface area contributed by atoms with E-state index in [4.69, 9.17) is 10.2 Å². The van der Waals surface area contributed by atoms with Crippen LogP contribution >= 0.6 is 11.3 Å². The Hall–Kier alpha value is -1.40. The molecule has 1 rings (SSSR count). The Morgan fingerprint density at radius 2 is 2.27 bits per heavy atom. The van der Waals surface area contributed by atoms with Crippen molar-refractivity contribution in [1.29, 1.82) is 0 Å². The highest BCUT2D eigenvalue weighted by Crippen LogP contribution is 2.06. The summed E-state index contributed by atoms with van der Waals surface area (Å²) in [6, 6.07) is 0.565. The molecule has 3 N–H and O–H groups in total. The van der Waals surface area contributed by atoms with Crippen molar-refractivity contribution < 1.29 is 19.8 Å². The van der Waals surface area contributed by atoms with Gasteiger partial charge in [-0.2, -0.15) is 11.3 Å². The second-order valence-corrected chi connectivity index (χ2v) is 3.73. The van der Waals surface area contributed by atoms with Crippen molar-refractivity contribution in [3.05, 3.63) is 22.4 Å². The predicted octanol–water partition coefficient (Wildman–Crippen LogP) is -0.148. The van der Waals surface area contributed by atoms with Crippen molar-refractivity contribution in [2.24, 2.45) is 0 Å². The first-order chi connectivity index (χ1) is 7.13. The number of carbonyl (C=O) groups is 2. The fraction of sp³-hybridized carbons (Fsp3) is 0.333. The number of hydrogen-bond donors (Lipinski definition) is 3. The van der Waals surface area contributed by atoms with Gasteiger partial charge < -0.3 is 15.5 Å². The number of hydrogen-bond acceptors (Lipinski definition) is 4. The minimum Gasteiger partial charge on any atom is -0.480 e. The third-order valence-corrected chi connectivity index (χ3v) is 2.49. The molecule has 0 aliphatic heterocycles. The second-order valence-electron chi connectivity index (χ2n) is 2.95. The van der Waals surface area contributed by atoms with Crippen molar-refractivity contribution >= 4 is 23.2 Å². The molecular formula is C9H11NO4S. The first-order valence-corrected chi connectivity index (χ1v) is 5.22. The lowest BCUT2D eigenvalue weighted by Gasteiger charge is -2.10. The summed E-state index contributed by atoms with van der Waals surface area (Å²) in [4.78, 5) is 21.8. The van der Waals surface area contributed by atoms with Gasteiger partial charge in [-0.3, -0.25) is 4.79 Å². The standard InChI is InChI=1S/C9H11NO4S/c11-4-7(9(13)14)10-8(12)3-6-1-2-15-5-6/h1-2,5,7,11H,3-4H2,(H,10,12)(H,13,14)/t7-/m1/s1. The maximum atomic E-state index is 11.3. The van der Waals surface area contributed by atoms with E-state index in [0.29, 0.717) is 0 Å². The Balaban J connectivity index is 2.45. The van der Waals surface area contributed by atoms with E-state index >= 15 is 0 Å². The number of aliphatic hydroxyl groups excluding tert-OH is 1. The van der Waals surface area contributed by atoms with E-state index in [2.05, 4.69) is 5.32 Å². The monoisotopic (exact) mass is 229 g/mol. The van der Waals surface area contributed by atoms with E-state index in [9.17, 15) is 9.59 Å². The SMILES string of the molecule is O=C(Cc1ccsc1)N[C@H](CO)C(=O)O. The summed E-state index contributed by atoms with van der Waals surface area (Å²) in [6.07, 6.45) is 0.132. The molecule has 6 heteroatoms. The summed E-state index contributed by atoms with van der Waals surface area (Å²) in [6.45, 7) is -0.606. The molecule has 0 spiro atoms. The lowest BCUT2D eigenvalue weighted by Crippen LogP contribution is -2.43. The Morgan fingerprint density at radius 3 is 2.73 bits per heavy atom. The molecule has 1 amide bonds. The molecule has 1 aromatic rings. The van der Waals surface area contributed by atoms with Crippen molar-refractivity contribution in [3.8, 4) is 0 Å². The number of aliphatic carboxylic acids is 1. The van der Waals surface area contributed by atoms with Crippen LogP contribution < -0.4 is 5.32 Å². The van der Waals surface area contributed by atoms with Crippen LogP contribution in [0.15, 0.2) is 16.8 Å². The fourth-order valence-electron chi connectivity index (χ4n) is 1.01. The number of amides is 1. The van der Waals surface area contributed by atoms with Gasteiger partial charge in [0, 0.05) is 0 Å². The van der Waals surface area contributed by atoms with Crippen LogP contribution in [0.5, 0.6) is 0 Å². The van der Waals surface area contributed by atoms with Crippen LogP contribution in [0.2, 0.25) is 0 Å². The summed E-state index contributed by atoms with van der Waals surface area (Å²) in [5.41, 5.74) is 0.833. The molecule has 0 saturated heterocycles. The molecule has 0 aliphatic rings. The van der Waals surface area contributed by atoms with E-state index in [-0.39, 0.29) is 6.42 Å². The van der Waals surface area contributed by atoms with Gasteiger partial charge in [0.15, 0.2) is 0 Å². The molecular weight excluding hydrogens is 218 g/mol. The molecule has 0 radical (unpaired) electrons. The van der Waals surface area contributed by atoms with Gasteiger partial charge in [-0.25, -0.2) is 4.79 Å². The van der Waals surface area contributed by atoms with E-state index in [0.717, 1.165) is 5.56 Å². The summed E-state index contributed by atoms with van der Waals surface area (Å²) < 4.78 is 0. The van der Waals surface area contributed by atoms with Crippen LogP contribution in [0.1, 0.15) is 5.56 Å². The highest BCUT2D eigenvalue weighted by atomic mass is 32.1. The molecule has 1 atom stereocenters. The minimum atomic E-state index is -1.24. The first-order valence-electron chi connectivity index (χ1n) is 4.27. The van der Waals surface area contributed by atoms with Crippen molar-refractivity contribution in [2.45, 2.75) is 12.5 Å². The normalized spacial score (nSPS) is 12.1. The third kappa shape index (κ3) is 3.69. The topological polar surface area (TPSA) is 86.6 Å². The van der Waals surface area contributed by atoms with Gasteiger partial charge in [0.2, 0.25) is 5.91 Å². The molecule has 5 nitrogen and oxygen atoms in total. The lowest BCUT2D eigenvalue weighted by molar-refractivity contribution is -0.142. The number of thiophene rings is 1. The molecule has 0 saturated carbocycles. The van der Waals surface area contributed by atoms with Gasteiger partial charge in [0.1, 0.15) is 6.04 Å². The van der Waals surface area contributed by atoms with E-state index < -0.39 is 24.5 Å². The summed E-state index contributed by atoms with van der Waals surface area (Å²) in [5, 5.41) is 23.1. The quantitative estimate of drug-likeness (QED) is 0.655. The summed E-state index contributed by atoms with van der Waals surface area (Å²) in [7, 11) is 0. The lowest BCUT2D eigenvalue weighted by atomic mass is 10.2. The van der Waals surface area contributed by atoms with Crippen LogP contribution in [0.3, 0.4) is 0 Å². The zero-order valence-electron chi connectivity index (χ0n) is 7.84. The highest BCUT2D eigenvalue weighted by Gasteiger charge is 2.18. The average Bonchev–Trinajstić information content (AvgIpc) is 2.66. The van der Waals surface area contributed by atoms with E-state index in [1.165, 1.54) is 11.3 Å². The molecule has 0 aliphatic carbocycles. The Labute approximate surface area is 90.4 Å². The zero-order valence-corrected chi connectivity index (χ0v) is 8.66. The molecule has 82 valence electrons. The van der Waals surface area contributed by atoms with E-state index in [1.54, 1.807) is 6.07 Å². The number of nitrogens with one attached hydrogen (secondary N) is 1. The summed E-state index contributed by atoms with van der Waals surface area (Å²) in [5.74, 6) is -1.65. The maximum absolute atomic E-state index is 11.3. The number of rotatable bonds is 5. The van der Waals surface area contributed by atoms with Crippen LogP contribution in [-0.2, 0) is 16.0 Å². The molecule has 0 bridgehead atoms. The van der Waals surface area contributed by atoms with Gasteiger partial charge in [-0.05, 0) is 22.4 Å². The molecule has 15 heavy (non-hydrogen) atoms. The Bertz CT molecular complexity index is 336. The smallest absolute Gasteiger partial charge is 0.328 e. The number of aliphatic hydroxyl groups is 1. The predicted molar refractivity (Wildman–Crippen MR) is 54.7 cm³/mol. The van der Waals surface area contributed by atoms with Crippen LogP contribution in [0.25, 0.3) is 0 Å². The molecule has 0 fully saturated rings. The van der Waals surface area contributed by atoms with Gasteiger partial charge in [-0.15, -0.1) is 0 Å². The highest BCUT2D eigenvalue weighted by molar-refractivity contribution is 7.07. The molecule has 1 heterocycles. The second kappa shape index (κ2) is 5.47. The van der Waals surface area contributed by atoms with Crippen molar-refractivity contribution in [2.75, 3.05) is 6.61 Å². The zero-order chi connectivity index (χ0) is 11.3. The van der Waals surface area contributed by atoms with Crippen molar-refractivity contribution in [3.63, 3.8) is 0 Å². The molecule has 0 aromatic carbocycles. The third-order valence-electron chi connectivity index (χ3n) is 1.76. The van der Waals surface area contributed by atoms with Crippen LogP contribution in [0, 0.1) is 0 Å². The van der Waals surface area contributed by atoms with Crippen LogP contribution in [0.4, 0.5) is 0 Å². The van der Waals surface area contributed by atoms with Gasteiger partial charge in [-0.1, -0.05) is 0 Å². The average molecular weight is 229 g/mol. The van der Waals surface area contributed by atoms with Crippen molar-refractivity contribution in [1.82, 2.24) is 5.32 Å². The fourth-order valence-corrected chi connectivity index (χ4v) is 1.68. The van der Waals surface area contributed by atoms with Crippen LogP contribution in [-0.4, -0.2) is 34.7 Å². The number of carboxylic acid groups (broad SMARTS) is 1. The maximum Gasteiger partial charge on any atom is 0.328 e. The van der Waals surface area contributed by atoms with E-state index in [1.807, 2.05) is 10.8 Å². The van der Waals surface area contributed by atoms with Gasteiger partial charge in [0.25, 0.3) is 0 Å². The Morgan fingerprint density at radius 1 is 1.53 bits per heavy atom. The van der Waals surface area contributed by atoms with Gasteiger partial charge >= 0.3 is 5.97 Å².